The third kappa shape index (κ3) is 2.70. The Morgan fingerprint density at radius 1 is 1.60 bits per heavy atom. The van der Waals surface area contributed by atoms with E-state index in [2.05, 4.69) is 10.9 Å². The van der Waals surface area contributed by atoms with Crippen LogP contribution in [0.2, 0.25) is 0 Å². The smallest absolute Gasteiger partial charge is 0.382 e. The Labute approximate surface area is 117 Å². The second-order valence-corrected chi connectivity index (χ2v) is 5.71. The third-order valence-electron chi connectivity index (χ3n) is 3.22. The van der Waals surface area contributed by atoms with Gasteiger partial charge in [0.1, 0.15) is 6.04 Å². The molecule has 0 aliphatic carbocycles. The van der Waals surface area contributed by atoms with Crippen LogP contribution in [0.5, 0.6) is 0 Å². The number of nitrogens with zero attached hydrogens (tertiary/aromatic N) is 2. The molecule has 1 fully saturated rings. The predicted molar refractivity (Wildman–Crippen MR) is 68.9 cm³/mol. The number of ether oxygens (including phenoxy) is 1. The quantitative estimate of drug-likeness (QED) is 0.737. The van der Waals surface area contributed by atoms with Crippen molar-refractivity contribution in [3.63, 3.8) is 0 Å². The van der Waals surface area contributed by atoms with Gasteiger partial charge in [-0.25, -0.2) is 4.79 Å². The molecule has 9 heteroatoms. The third-order valence-corrected chi connectivity index (χ3v) is 3.57. The van der Waals surface area contributed by atoms with Gasteiger partial charge in [-0.15, -0.1) is 4.28 Å². The first-order valence-electron chi connectivity index (χ1n) is 5.88. The standard InChI is InChI=1S/C11H16N2O6S/c1-7(2)9-4-8(6-18-3)12-5-10(9)13(11(12)14)19-20(15,16)17/h4,8,10H,1,5-6H2,2-3H3,(H,15,16,17)/t8-,10-/m0/s1. The van der Waals surface area contributed by atoms with E-state index in [9.17, 15) is 13.2 Å². The number of amides is 2. The van der Waals surface area contributed by atoms with Crippen molar-refractivity contribution in [2.24, 2.45) is 0 Å². The lowest BCUT2D eigenvalue weighted by Gasteiger charge is -2.29. The molecule has 0 aromatic carbocycles. The molecule has 2 aliphatic rings. The lowest BCUT2D eigenvalue weighted by Crippen LogP contribution is -2.41. The Kier molecular flexibility index (Phi) is 3.87. The van der Waals surface area contributed by atoms with Gasteiger partial charge < -0.3 is 9.64 Å². The Balaban J connectivity index is 2.36. The van der Waals surface area contributed by atoms with Crippen molar-refractivity contribution in [2.75, 3.05) is 20.3 Å². The fourth-order valence-corrected chi connectivity index (χ4v) is 2.80. The number of hydrogen-bond acceptors (Lipinski definition) is 5. The van der Waals surface area contributed by atoms with E-state index in [4.69, 9.17) is 9.29 Å². The van der Waals surface area contributed by atoms with Crippen LogP contribution in [0.3, 0.4) is 0 Å². The minimum Gasteiger partial charge on any atom is -0.382 e. The monoisotopic (exact) mass is 304 g/mol. The highest BCUT2D eigenvalue weighted by Crippen LogP contribution is 2.33. The second kappa shape index (κ2) is 5.17. The molecule has 1 N–H and O–H groups in total. The van der Waals surface area contributed by atoms with E-state index in [0.717, 1.165) is 0 Å². The highest BCUT2D eigenvalue weighted by atomic mass is 32.3. The molecular weight excluding hydrogens is 288 g/mol. The molecule has 0 radical (unpaired) electrons. The van der Waals surface area contributed by atoms with Crippen LogP contribution in [-0.4, -0.2) is 61.3 Å². The number of urea groups is 1. The van der Waals surface area contributed by atoms with Crippen molar-refractivity contribution >= 4 is 16.4 Å². The van der Waals surface area contributed by atoms with Gasteiger partial charge >= 0.3 is 16.4 Å². The first-order chi connectivity index (χ1) is 9.24. The SMILES string of the molecule is C=C(C)C1=C[C@@H](COC)N2C[C@@H]1N(OS(=O)(=O)O)C2=O. The lowest BCUT2D eigenvalue weighted by atomic mass is 9.95. The number of carbonyl (C=O) groups is 1. The number of hydrogen-bond donors (Lipinski definition) is 1. The number of hydroxylamine groups is 2. The zero-order chi connectivity index (χ0) is 15.1. The number of carbonyl (C=O) groups excluding carboxylic acids is 1. The molecule has 0 unspecified atom stereocenters. The first-order valence-corrected chi connectivity index (χ1v) is 7.24. The fourth-order valence-electron chi connectivity index (χ4n) is 2.43. The van der Waals surface area contributed by atoms with E-state index >= 15 is 0 Å². The van der Waals surface area contributed by atoms with Gasteiger partial charge in [0.05, 0.1) is 19.2 Å². The Morgan fingerprint density at radius 2 is 2.25 bits per heavy atom. The van der Waals surface area contributed by atoms with Crippen LogP contribution in [0.1, 0.15) is 6.92 Å². The summed E-state index contributed by atoms with van der Waals surface area (Å²) in [5, 5.41) is 0.658. The number of fused-ring (bicyclic) bond motifs is 2. The summed E-state index contributed by atoms with van der Waals surface area (Å²) >= 11 is 0. The van der Waals surface area contributed by atoms with Crippen molar-refractivity contribution < 1.29 is 26.8 Å². The molecule has 20 heavy (non-hydrogen) atoms. The molecule has 2 atom stereocenters. The van der Waals surface area contributed by atoms with Gasteiger partial charge in [-0.05, 0) is 12.5 Å². The molecule has 0 spiro atoms. The van der Waals surface area contributed by atoms with Crippen LogP contribution in [0.15, 0.2) is 23.8 Å². The Bertz CT molecular complexity index is 569. The predicted octanol–water partition coefficient (Wildman–Crippen LogP) is 0.358. The molecule has 8 nitrogen and oxygen atoms in total. The summed E-state index contributed by atoms with van der Waals surface area (Å²) in [6.45, 7) is 6.09. The minimum absolute atomic E-state index is 0.251. The second-order valence-electron chi connectivity index (χ2n) is 4.70. The summed E-state index contributed by atoms with van der Waals surface area (Å²) in [7, 11) is -3.26. The summed E-state index contributed by atoms with van der Waals surface area (Å²) in [6, 6.07) is -1.58. The average molecular weight is 304 g/mol. The lowest BCUT2D eigenvalue weighted by molar-refractivity contribution is -0.0209. The molecule has 2 bridgehead atoms. The molecule has 2 aliphatic heterocycles. The summed E-state index contributed by atoms with van der Waals surface area (Å²) in [5.74, 6) is 0. The van der Waals surface area contributed by atoms with Gasteiger partial charge in [0, 0.05) is 7.11 Å². The summed E-state index contributed by atoms with van der Waals surface area (Å²) in [6.07, 6.45) is 1.80. The van der Waals surface area contributed by atoms with Gasteiger partial charge in [-0.2, -0.15) is 13.5 Å². The maximum atomic E-state index is 12.2. The fraction of sp³-hybridized carbons (Fsp3) is 0.545. The molecular formula is C11H16N2O6S. The minimum atomic E-state index is -4.77. The van der Waals surface area contributed by atoms with E-state index in [1.54, 1.807) is 13.0 Å². The normalized spacial score (nSPS) is 25.9. The van der Waals surface area contributed by atoms with E-state index in [1.807, 2.05) is 0 Å². The molecule has 1 saturated heterocycles. The highest BCUT2D eigenvalue weighted by molar-refractivity contribution is 7.80. The summed E-state index contributed by atoms with van der Waals surface area (Å²) < 4.78 is 39.9. The van der Waals surface area contributed by atoms with Gasteiger partial charge in [0.15, 0.2) is 0 Å². The van der Waals surface area contributed by atoms with E-state index in [-0.39, 0.29) is 19.2 Å². The summed E-state index contributed by atoms with van der Waals surface area (Å²) in [5.41, 5.74) is 1.38. The van der Waals surface area contributed by atoms with Gasteiger partial charge in [-0.3, -0.25) is 4.55 Å². The van der Waals surface area contributed by atoms with E-state index in [0.29, 0.717) is 16.2 Å². The van der Waals surface area contributed by atoms with Crippen molar-refractivity contribution in [3.8, 4) is 0 Å². The van der Waals surface area contributed by atoms with Gasteiger partial charge in [0.2, 0.25) is 0 Å². The largest absolute Gasteiger partial charge is 0.418 e. The first kappa shape index (κ1) is 15.0. The average Bonchev–Trinajstić information content (AvgIpc) is 2.57. The molecule has 2 heterocycles. The maximum Gasteiger partial charge on any atom is 0.418 e. The van der Waals surface area contributed by atoms with Crippen LogP contribution in [-0.2, 0) is 19.4 Å². The van der Waals surface area contributed by atoms with Gasteiger partial charge in [0.25, 0.3) is 0 Å². The van der Waals surface area contributed by atoms with Crippen LogP contribution >= 0.6 is 0 Å². The molecule has 112 valence electrons. The van der Waals surface area contributed by atoms with Crippen LogP contribution in [0.25, 0.3) is 0 Å². The molecule has 2 rings (SSSR count). The van der Waals surface area contributed by atoms with Crippen molar-refractivity contribution in [1.29, 1.82) is 0 Å². The number of methoxy groups -OCH3 is 1. The Morgan fingerprint density at radius 3 is 2.75 bits per heavy atom. The topological polar surface area (TPSA) is 96.4 Å². The van der Waals surface area contributed by atoms with Crippen LogP contribution in [0.4, 0.5) is 4.79 Å². The molecule has 2 amide bonds. The van der Waals surface area contributed by atoms with Crippen molar-refractivity contribution in [3.05, 3.63) is 23.8 Å². The zero-order valence-corrected chi connectivity index (χ0v) is 12.0. The Hall–Kier alpha value is -1.42. The van der Waals surface area contributed by atoms with E-state index < -0.39 is 22.5 Å². The van der Waals surface area contributed by atoms with Crippen LogP contribution < -0.4 is 0 Å². The van der Waals surface area contributed by atoms with Crippen molar-refractivity contribution in [2.45, 2.75) is 19.0 Å². The number of rotatable bonds is 5. The maximum absolute atomic E-state index is 12.2. The van der Waals surface area contributed by atoms with Crippen molar-refractivity contribution in [1.82, 2.24) is 9.96 Å². The molecule has 0 aromatic heterocycles. The summed E-state index contributed by atoms with van der Waals surface area (Å²) in [4.78, 5) is 13.6. The zero-order valence-electron chi connectivity index (χ0n) is 11.1. The molecule has 0 aromatic rings. The van der Waals surface area contributed by atoms with Gasteiger partial charge in [-0.1, -0.05) is 18.2 Å². The highest BCUT2D eigenvalue weighted by Gasteiger charge is 2.48. The van der Waals surface area contributed by atoms with E-state index in [1.165, 1.54) is 12.0 Å². The van der Waals surface area contributed by atoms with Crippen LogP contribution in [0, 0.1) is 0 Å². The molecule has 0 saturated carbocycles.